The number of carboxylic acid groups (broad SMARTS) is 1. The Morgan fingerprint density at radius 1 is 1.56 bits per heavy atom. The van der Waals surface area contributed by atoms with E-state index in [1.165, 1.54) is 4.90 Å². The summed E-state index contributed by atoms with van der Waals surface area (Å²) in [5.41, 5.74) is 0. The SMILES string of the molecule is O=C(O)[C@@H]1CCCN1C(=O)Nc1nnns1. The quantitative estimate of drug-likeness (QED) is 0.757. The summed E-state index contributed by atoms with van der Waals surface area (Å²) in [5.74, 6) is -0.983. The third-order valence-corrected chi connectivity index (χ3v) is 2.82. The second kappa shape index (κ2) is 4.39. The third-order valence-electron chi connectivity index (χ3n) is 2.31. The molecule has 0 radical (unpaired) electrons. The minimum Gasteiger partial charge on any atom is -0.480 e. The molecule has 0 spiro atoms. The Hall–Kier alpha value is -1.77. The number of hydrogen-bond acceptors (Lipinski definition) is 6. The number of carbonyl (C=O) groups excluding carboxylic acids is 1. The lowest BCUT2D eigenvalue weighted by atomic mass is 10.2. The van der Waals surface area contributed by atoms with Gasteiger partial charge in [0.2, 0.25) is 5.13 Å². The van der Waals surface area contributed by atoms with Crippen LogP contribution in [0.5, 0.6) is 0 Å². The molecular formula is C7H9N5O3S. The van der Waals surface area contributed by atoms with Gasteiger partial charge in [0.25, 0.3) is 0 Å². The van der Waals surface area contributed by atoms with E-state index in [4.69, 9.17) is 5.11 Å². The molecule has 0 aromatic carbocycles. The van der Waals surface area contributed by atoms with E-state index in [0.29, 0.717) is 19.4 Å². The predicted molar refractivity (Wildman–Crippen MR) is 54.1 cm³/mol. The Labute approximate surface area is 94.4 Å². The van der Waals surface area contributed by atoms with E-state index in [2.05, 4.69) is 20.1 Å². The molecule has 8 nitrogen and oxygen atoms in total. The third kappa shape index (κ3) is 2.08. The van der Waals surface area contributed by atoms with E-state index in [0.717, 1.165) is 11.5 Å². The van der Waals surface area contributed by atoms with Crippen LogP contribution in [-0.4, -0.2) is 49.4 Å². The fourth-order valence-corrected chi connectivity index (χ4v) is 1.97. The van der Waals surface area contributed by atoms with Crippen molar-refractivity contribution in [1.29, 1.82) is 0 Å². The normalized spacial score (nSPS) is 19.8. The molecule has 0 saturated carbocycles. The number of amides is 2. The van der Waals surface area contributed by atoms with Crippen molar-refractivity contribution in [3.8, 4) is 0 Å². The number of carboxylic acids is 1. The van der Waals surface area contributed by atoms with Gasteiger partial charge in [0, 0.05) is 18.1 Å². The molecule has 2 amide bonds. The first kappa shape index (κ1) is 10.7. The van der Waals surface area contributed by atoms with Crippen molar-refractivity contribution in [2.24, 2.45) is 0 Å². The summed E-state index contributed by atoms with van der Waals surface area (Å²) in [7, 11) is 0. The summed E-state index contributed by atoms with van der Waals surface area (Å²) in [6, 6.07) is -1.22. The van der Waals surface area contributed by atoms with E-state index in [-0.39, 0.29) is 5.13 Å². The van der Waals surface area contributed by atoms with Crippen molar-refractivity contribution in [3.05, 3.63) is 0 Å². The van der Waals surface area contributed by atoms with Crippen LogP contribution < -0.4 is 5.32 Å². The smallest absolute Gasteiger partial charge is 0.326 e. The van der Waals surface area contributed by atoms with Crippen LogP contribution in [0.3, 0.4) is 0 Å². The Balaban J connectivity index is 2.01. The maximum Gasteiger partial charge on any atom is 0.326 e. The van der Waals surface area contributed by atoms with Crippen LogP contribution >= 0.6 is 11.5 Å². The van der Waals surface area contributed by atoms with Crippen LogP contribution in [0.15, 0.2) is 0 Å². The predicted octanol–water partition coefficient (Wildman–Crippen LogP) is 0.0140. The van der Waals surface area contributed by atoms with Gasteiger partial charge in [0.05, 0.1) is 0 Å². The van der Waals surface area contributed by atoms with E-state index >= 15 is 0 Å². The molecule has 0 aliphatic carbocycles. The summed E-state index contributed by atoms with van der Waals surface area (Å²) in [6.45, 7) is 0.440. The van der Waals surface area contributed by atoms with Crippen LogP contribution in [0.1, 0.15) is 12.8 Å². The summed E-state index contributed by atoms with van der Waals surface area (Å²) in [6.07, 6.45) is 1.18. The number of rotatable bonds is 2. The zero-order valence-corrected chi connectivity index (χ0v) is 8.98. The standard InChI is InChI=1S/C7H9N5O3S/c13-5(14)4-2-1-3-12(4)7(15)8-6-9-10-11-16-6/h4H,1-3H2,(H,13,14)(H,8,9,11,15)/t4-/m0/s1. The van der Waals surface area contributed by atoms with Crippen LogP contribution in [0.2, 0.25) is 0 Å². The Morgan fingerprint density at radius 2 is 2.38 bits per heavy atom. The summed E-state index contributed by atoms with van der Waals surface area (Å²) < 4.78 is 3.49. The van der Waals surface area contributed by atoms with E-state index in [9.17, 15) is 9.59 Å². The molecule has 9 heteroatoms. The monoisotopic (exact) mass is 243 g/mol. The molecule has 2 N–H and O–H groups in total. The number of hydrogen-bond donors (Lipinski definition) is 2. The number of anilines is 1. The number of urea groups is 1. The highest BCUT2D eigenvalue weighted by Crippen LogP contribution is 2.18. The highest BCUT2D eigenvalue weighted by molar-refractivity contribution is 7.09. The van der Waals surface area contributed by atoms with Crippen molar-refractivity contribution in [2.75, 3.05) is 11.9 Å². The molecular weight excluding hydrogens is 234 g/mol. The van der Waals surface area contributed by atoms with Gasteiger partial charge in [-0.05, 0) is 18.1 Å². The Kier molecular flexibility index (Phi) is 2.95. The molecule has 2 rings (SSSR count). The number of likely N-dealkylation sites (tertiary alicyclic amines) is 1. The minimum atomic E-state index is -0.983. The van der Waals surface area contributed by atoms with Gasteiger partial charge in [-0.2, -0.15) is 0 Å². The van der Waals surface area contributed by atoms with Gasteiger partial charge in [0.15, 0.2) is 0 Å². The van der Waals surface area contributed by atoms with Gasteiger partial charge in [-0.3, -0.25) is 5.32 Å². The molecule has 1 aliphatic rings. The highest BCUT2D eigenvalue weighted by Gasteiger charge is 2.34. The average Bonchev–Trinajstić information content (AvgIpc) is 2.86. The second-order valence-corrected chi connectivity index (χ2v) is 4.02. The lowest BCUT2D eigenvalue weighted by molar-refractivity contribution is -0.141. The topological polar surface area (TPSA) is 108 Å². The molecule has 1 saturated heterocycles. The largest absolute Gasteiger partial charge is 0.480 e. The van der Waals surface area contributed by atoms with Crippen molar-refractivity contribution in [1.82, 2.24) is 19.7 Å². The van der Waals surface area contributed by atoms with Crippen molar-refractivity contribution in [3.63, 3.8) is 0 Å². The number of aliphatic carboxylic acids is 1. The molecule has 0 unspecified atom stereocenters. The van der Waals surface area contributed by atoms with E-state index in [1.54, 1.807) is 0 Å². The second-order valence-electron chi connectivity index (χ2n) is 3.29. The number of carbonyl (C=O) groups is 2. The van der Waals surface area contributed by atoms with Crippen molar-refractivity contribution in [2.45, 2.75) is 18.9 Å². The number of nitrogens with one attached hydrogen (secondary N) is 1. The first-order chi connectivity index (χ1) is 7.68. The van der Waals surface area contributed by atoms with Crippen LogP contribution in [0.4, 0.5) is 9.93 Å². The van der Waals surface area contributed by atoms with E-state index < -0.39 is 18.0 Å². The fourth-order valence-electron chi connectivity index (χ4n) is 1.61. The molecule has 2 heterocycles. The maximum atomic E-state index is 11.7. The molecule has 0 bridgehead atoms. The summed E-state index contributed by atoms with van der Waals surface area (Å²) in [4.78, 5) is 23.8. The molecule has 1 atom stereocenters. The zero-order chi connectivity index (χ0) is 11.5. The summed E-state index contributed by atoms with van der Waals surface area (Å²) >= 11 is 0.941. The number of nitrogens with zero attached hydrogens (tertiary/aromatic N) is 4. The lowest BCUT2D eigenvalue weighted by Crippen LogP contribution is -2.42. The van der Waals surface area contributed by atoms with Crippen molar-refractivity contribution >= 4 is 28.7 Å². The minimum absolute atomic E-state index is 0.265. The Bertz CT molecular complexity index is 395. The molecule has 1 aliphatic heterocycles. The fraction of sp³-hybridized carbons (Fsp3) is 0.571. The maximum absolute atomic E-state index is 11.7. The van der Waals surface area contributed by atoms with Crippen LogP contribution in [-0.2, 0) is 4.79 Å². The first-order valence-corrected chi connectivity index (χ1v) is 5.41. The summed E-state index contributed by atoms with van der Waals surface area (Å²) in [5, 5.41) is 18.5. The zero-order valence-electron chi connectivity index (χ0n) is 8.16. The molecule has 86 valence electrons. The van der Waals surface area contributed by atoms with Gasteiger partial charge in [0.1, 0.15) is 6.04 Å². The van der Waals surface area contributed by atoms with Crippen LogP contribution in [0.25, 0.3) is 0 Å². The van der Waals surface area contributed by atoms with Crippen molar-refractivity contribution < 1.29 is 14.7 Å². The van der Waals surface area contributed by atoms with Gasteiger partial charge in [-0.1, -0.05) is 9.59 Å². The first-order valence-electron chi connectivity index (χ1n) is 4.64. The van der Waals surface area contributed by atoms with Gasteiger partial charge >= 0.3 is 12.0 Å². The van der Waals surface area contributed by atoms with Gasteiger partial charge < -0.3 is 10.0 Å². The lowest BCUT2D eigenvalue weighted by Gasteiger charge is -2.20. The molecule has 1 aromatic heterocycles. The van der Waals surface area contributed by atoms with Crippen LogP contribution in [0, 0.1) is 0 Å². The molecule has 16 heavy (non-hydrogen) atoms. The Morgan fingerprint density at radius 3 is 3.00 bits per heavy atom. The average molecular weight is 243 g/mol. The number of aromatic nitrogens is 3. The highest BCUT2D eigenvalue weighted by atomic mass is 32.1. The molecule has 1 fully saturated rings. The van der Waals surface area contributed by atoms with Gasteiger partial charge in [-0.25, -0.2) is 9.59 Å². The van der Waals surface area contributed by atoms with E-state index in [1.807, 2.05) is 0 Å². The van der Waals surface area contributed by atoms with Gasteiger partial charge in [-0.15, -0.1) is 0 Å². The molecule has 1 aromatic rings.